The summed E-state index contributed by atoms with van der Waals surface area (Å²) in [5.74, 6) is 0.369. The van der Waals surface area contributed by atoms with Crippen molar-refractivity contribution in [2.75, 3.05) is 25.5 Å². The molecule has 0 spiro atoms. The summed E-state index contributed by atoms with van der Waals surface area (Å²) in [5, 5.41) is 12.6. The van der Waals surface area contributed by atoms with Gasteiger partial charge < -0.3 is 15.3 Å². The lowest BCUT2D eigenvalue weighted by Crippen LogP contribution is -2.33. The fourth-order valence-corrected chi connectivity index (χ4v) is 2.71. The highest BCUT2D eigenvalue weighted by Crippen LogP contribution is 2.23. The van der Waals surface area contributed by atoms with Crippen LogP contribution in [-0.2, 0) is 0 Å². The molecule has 1 amide bonds. The number of hydrogen-bond acceptors (Lipinski definition) is 3. The maximum Gasteiger partial charge on any atom is 0.251 e. The second-order valence-corrected chi connectivity index (χ2v) is 5.84. The van der Waals surface area contributed by atoms with Crippen LogP contribution in [0.5, 0.6) is 0 Å². The average Bonchev–Trinajstić information content (AvgIpc) is 2.45. The van der Waals surface area contributed by atoms with Crippen molar-refractivity contribution in [2.24, 2.45) is 5.92 Å². The van der Waals surface area contributed by atoms with Gasteiger partial charge in [-0.2, -0.15) is 0 Å². The van der Waals surface area contributed by atoms with Crippen LogP contribution in [0.2, 0.25) is 0 Å². The SMILES string of the molecule is CN(C)c1cccc(C(=O)NCC2CCCC(O)C2)c1. The Morgan fingerprint density at radius 3 is 2.90 bits per heavy atom. The lowest BCUT2D eigenvalue weighted by Gasteiger charge is -2.25. The van der Waals surface area contributed by atoms with E-state index in [0.717, 1.165) is 31.4 Å². The number of nitrogens with zero attached hydrogens (tertiary/aromatic N) is 1. The molecule has 4 nitrogen and oxygen atoms in total. The molecular weight excluding hydrogens is 252 g/mol. The van der Waals surface area contributed by atoms with Crippen LogP contribution in [0.3, 0.4) is 0 Å². The third-order valence-corrected chi connectivity index (χ3v) is 3.93. The van der Waals surface area contributed by atoms with Crippen LogP contribution < -0.4 is 10.2 Å². The van der Waals surface area contributed by atoms with Crippen molar-refractivity contribution in [1.82, 2.24) is 5.32 Å². The minimum Gasteiger partial charge on any atom is -0.393 e. The fraction of sp³-hybridized carbons (Fsp3) is 0.562. The Bertz CT molecular complexity index is 460. The molecule has 0 bridgehead atoms. The molecule has 1 aliphatic carbocycles. The van der Waals surface area contributed by atoms with Crippen molar-refractivity contribution < 1.29 is 9.90 Å². The van der Waals surface area contributed by atoms with E-state index in [1.54, 1.807) is 0 Å². The van der Waals surface area contributed by atoms with Gasteiger partial charge >= 0.3 is 0 Å². The van der Waals surface area contributed by atoms with E-state index < -0.39 is 0 Å². The Morgan fingerprint density at radius 1 is 1.40 bits per heavy atom. The van der Waals surface area contributed by atoms with Crippen LogP contribution in [0.25, 0.3) is 0 Å². The van der Waals surface area contributed by atoms with E-state index in [1.807, 2.05) is 43.3 Å². The molecule has 1 fully saturated rings. The Hall–Kier alpha value is -1.55. The highest BCUT2D eigenvalue weighted by molar-refractivity contribution is 5.95. The molecule has 2 rings (SSSR count). The van der Waals surface area contributed by atoms with Gasteiger partial charge in [0.2, 0.25) is 0 Å². The molecule has 1 aromatic rings. The molecule has 4 heteroatoms. The Kier molecular flexibility index (Phi) is 5.01. The van der Waals surface area contributed by atoms with Crippen molar-refractivity contribution in [3.63, 3.8) is 0 Å². The minimum absolute atomic E-state index is 0.0336. The molecule has 1 saturated carbocycles. The second-order valence-electron chi connectivity index (χ2n) is 5.84. The van der Waals surface area contributed by atoms with Crippen LogP contribution in [0, 0.1) is 5.92 Å². The molecular formula is C16H24N2O2. The van der Waals surface area contributed by atoms with Gasteiger partial charge in [0.1, 0.15) is 0 Å². The van der Waals surface area contributed by atoms with Crippen molar-refractivity contribution in [2.45, 2.75) is 31.8 Å². The molecule has 1 aliphatic rings. The summed E-state index contributed by atoms with van der Waals surface area (Å²) in [5.41, 5.74) is 1.71. The first-order valence-corrected chi connectivity index (χ1v) is 7.30. The standard InChI is InChI=1S/C16H24N2O2/c1-18(2)14-7-4-6-13(10-14)16(20)17-11-12-5-3-8-15(19)9-12/h4,6-7,10,12,15,19H,3,5,8-9,11H2,1-2H3,(H,17,20). The first-order valence-electron chi connectivity index (χ1n) is 7.30. The monoisotopic (exact) mass is 276 g/mol. The number of nitrogens with one attached hydrogen (secondary N) is 1. The molecule has 0 heterocycles. The predicted molar refractivity (Wildman–Crippen MR) is 81.1 cm³/mol. The third kappa shape index (κ3) is 3.97. The molecule has 0 saturated heterocycles. The first kappa shape index (κ1) is 14.9. The van der Waals surface area contributed by atoms with Crippen LogP contribution in [-0.4, -0.2) is 37.8 Å². The maximum atomic E-state index is 12.2. The number of amides is 1. The Balaban J connectivity index is 1.89. The zero-order valence-corrected chi connectivity index (χ0v) is 12.3. The number of benzene rings is 1. The Labute approximate surface area is 120 Å². The van der Waals surface area contributed by atoms with Gasteiger partial charge in [-0.1, -0.05) is 12.5 Å². The third-order valence-electron chi connectivity index (χ3n) is 3.93. The molecule has 110 valence electrons. The number of aliphatic hydroxyl groups is 1. The minimum atomic E-state index is -0.192. The lowest BCUT2D eigenvalue weighted by atomic mass is 9.87. The highest BCUT2D eigenvalue weighted by Gasteiger charge is 2.20. The van der Waals surface area contributed by atoms with Gasteiger partial charge in [0.25, 0.3) is 5.91 Å². The van der Waals surface area contributed by atoms with Crippen molar-refractivity contribution in [3.05, 3.63) is 29.8 Å². The van der Waals surface area contributed by atoms with Crippen LogP contribution >= 0.6 is 0 Å². The van der Waals surface area contributed by atoms with E-state index in [4.69, 9.17) is 0 Å². The lowest BCUT2D eigenvalue weighted by molar-refractivity contribution is 0.0874. The van der Waals surface area contributed by atoms with Crippen molar-refractivity contribution in [3.8, 4) is 0 Å². The summed E-state index contributed by atoms with van der Waals surface area (Å²) in [6, 6.07) is 7.60. The fourth-order valence-electron chi connectivity index (χ4n) is 2.71. The first-order chi connectivity index (χ1) is 9.56. The van der Waals surface area contributed by atoms with E-state index in [1.165, 1.54) is 0 Å². The van der Waals surface area contributed by atoms with Gasteiger partial charge in [-0.25, -0.2) is 0 Å². The van der Waals surface area contributed by atoms with E-state index >= 15 is 0 Å². The van der Waals surface area contributed by atoms with Crippen molar-refractivity contribution in [1.29, 1.82) is 0 Å². The van der Waals surface area contributed by atoms with E-state index in [2.05, 4.69) is 5.32 Å². The van der Waals surface area contributed by atoms with Crippen LogP contribution in [0.15, 0.2) is 24.3 Å². The summed E-state index contributed by atoms with van der Waals surface area (Å²) < 4.78 is 0. The summed E-state index contributed by atoms with van der Waals surface area (Å²) in [6.07, 6.45) is 3.66. The zero-order valence-electron chi connectivity index (χ0n) is 12.3. The van der Waals surface area contributed by atoms with Gasteiger partial charge in [-0.3, -0.25) is 4.79 Å². The highest BCUT2D eigenvalue weighted by atomic mass is 16.3. The summed E-state index contributed by atoms with van der Waals surface area (Å²) in [7, 11) is 3.92. The largest absolute Gasteiger partial charge is 0.393 e. The molecule has 2 unspecified atom stereocenters. The van der Waals surface area contributed by atoms with E-state index in [9.17, 15) is 9.90 Å². The van der Waals surface area contributed by atoms with Gasteiger partial charge in [0.05, 0.1) is 6.10 Å². The molecule has 1 aromatic carbocycles. The number of rotatable bonds is 4. The van der Waals surface area contributed by atoms with E-state index in [0.29, 0.717) is 18.0 Å². The smallest absolute Gasteiger partial charge is 0.251 e. The van der Waals surface area contributed by atoms with Gasteiger partial charge in [0, 0.05) is 31.9 Å². The molecule has 20 heavy (non-hydrogen) atoms. The average molecular weight is 276 g/mol. The Morgan fingerprint density at radius 2 is 2.20 bits per heavy atom. The molecule has 2 atom stereocenters. The number of anilines is 1. The van der Waals surface area contributed by atoms with Gasteiger partial charge in [-0.15, -0.1) is 0 Å². The zero-order chi connectivity index (χ0) is 14.5. The maximum absolute atomic E-state index is 12.2. The number of hydrogen-bond donors (Lipinski definition) is 2. The number of carbonyl (C=O) groups excluding carboxylic acids is 1. The predicted octanol–water partition coefficient (Wildman–Crippen LogP) is 2.03. The number of carbonyl (C=O) groups is 1. The second kappa shape index (κ2) is 6.75. The summed E-state index contributed by atoms with van der Waals surface area (Å²) in [4.78, 5) is 14.1. The van der Waals surface area contributed by atoms with Crippen molar-refractivity contribution >= 4 is 11.6 Å². The van der Waals surface area contributed by atoms with Crippen LogP contribution in [0.1, 0.15) is 36.0 Å². The quantitative estimate of drug-likeness (QED) is 0.885. The van der Waals surface area contributed by atoms with Gasteiger partial charge in [-0.05, 0) is 43.4 Å². The molecule has 2 N–H and O–H groups in total. The molecule has 0 aromatic heterocycles. The van der Waals surface area contributed by atoms with Crippen LogP contribution in [0.4, 0.5) is 5.69 Å². The molecule has 0 aliphatic heterocycles. The normalized spacial score (nSPS) is 22.4. The van der Waals surface area contributed by atoms with Gasteiger partial charge in [0.15, 0.2) is 0 Å². The summed E-state index contributed by atoms with van der Waals surface area (Å²) >= 11 is 0. The summed E-state index contributed by atoms with van der Waals surface area (Å²) in [6.45, 7) is 0.655. The topological polar surface area (TPSA) is 52.6 Å². The number of aliphatic hydroxyl groups excluding tert-OH is 1. The van der Waals surface area contributed by atoms with E-state index in [-0.39, 0.29) is 12.0 Å². The molecule has 0 radical (unpaired) electrons.